The van der Waals surface area contributed by atoms with Crippen molar-refractivity contribution in [2.24, 2.45) is 0 Å². The topological polar surface area (TPSA) is 15.3 Å². The van der Waals surface area contributed by atoms with Crippen LogP contribution in [0.25, 0.3) is 0 Å². The van der Waals surface area contributed by atoms with Gasteiger partial charge < -0.3 is 10.2 Å². The van der Waals surface area contributed by atoms with Crippen molar-refractivity contribution >= 4 is 0 Å². The Bertz CT molecular complexity index is 371. The van der Waals surface area contributed by atoms with E-state index in [-0.39, 0.29) is 0 Å². The van der Waals surface area contributed by atoms with Gasteiger partial charge in [-0.3, -0.25) is 0 Å². The van der Waals surface area contributed by atoms with E-state index in [4.69, 9.17) is 0 Å². The van der Waals surface area contributed by atoms with Crippen LogP contribution < -0.4 is 5.32 Å². The van der Waals surface area contributed by atoms with E-state index in [1.54, 1.807) is 0 Å². The van der Waals surface area contributed by atoms with Crippen molar-refractivity contribution in [2.45, 2.75) is 51.6 Å². The molecule has 106 valence electrons. The van der Waals surface area contributed by atoms with Gasteiger partial charge in [-0.05, 0) is 58.8 Å². The van der Waals surface area contributed by atoms with E-state index in [2.05, 4.69) is 55.4 Å². The summed E-state index contributed by atoms with van der Waals surface area (Å²) in [5, 5.41) is 3.66. The van der Waals surface area contributed by atoms with Gasteiger partial charge in [0.05, 0.1) is 0 Å². The molecule has 2 heteroatoms. The molecule has 19 heavy (non-hydrogen) atoms. The molecule has 2 atom stereocenters. The van der Waals surface area contributed by atoms with Crippen LogP contribution in [0.2, 0.25) is 0 Å². The lowest BCUT2D eigenvalue weighted by Crippen LogP contribution is -2.38. The first-order valence-electron chi connectivity index (χ1n) is 7.67. The van der Waals surface area contributed by atoms with E-state index in [9.17, 15) is 0 Å². The van der Waals surface area contributed by atoms with Gasteiger partial charge in [0.25, 0.3) is 0 Å². The minimum Gasteiger partial charge on any atom is -0.310 e. The third-order valence-electron chi connectivity index (χ3n) is 4.43. The molecule has 1 unspecified atom stereocenters. The summed E-state index contributed by atoms with van der Waals surface area (Å²) in [6, 6.07) is 10.1. The number of likely N-dealkylation sites (tertiary alicyclic amines) is 1. The Labute approximate surface area is 118 Å². The van der Waals surface area contributed by atoms with Crippen LogP contribution in [0.15, 0.2) is 24.3 Å². The van der Waals surface area contributed by atoms with Crippen molar-refractivity contribution in [3.05, 3.63) is 35.4 Å². The largest absolute Gasteiger partial charge is 0.310 e. The lowest BCUT2D eigenvalue weighted by Gasteiger charge is -2.32. The molecule has 0 aliphatic carbocycles. The van der Waals surface area contributed by atoms with E-state index >= 15 is 0 Å². The molecule has 0 bridgehead atoms. The molecule has 1 N–H and O–H groups in total. The van der Waals surface area contributed by atoms with E-state index < -0.39 is 0 Å². The number of aryl methyl sites for hydroxylation is 1. The fourth-order valence-electron chi connectivity index (χ4n) is 2.95. The molecule has 1 aromatic rings. The summed E-state index contributed by atoms with van der Waals surface area (Å²) in [5.74, 6) is 0. The molecule has 0 aromatic heterocycles. The molecule has 1 aromatic carbocycles. The molecule has 0 saturated carbocycles. The highest BCUT2D eigenvalue weighted by Crippen LogP contribution is 2.18. The predicted octanol–water partition coefficient (Wildman–Crippen LogP) is 3.52. The Morgan fingerprint density at radius 1 is 1.26 bits per heavy atom. The summed E-state index contributed by atoms with van der Waals surface area (Å²) in [6.45, 7) is 6.79. The third-order valence-corrected chi connectivity index (χ3v) is 4.43. The van der Waals surface area contributed by atoms with Gasteiger partial charge in [0.2, 0.25) is 0 Å². The molecular formula is C17H28N2. The second-order valence-corrected chi connectivity index (χ2v) is 6.01. The number of hydrogen-bond acceptors (Lipinski definition) is 2. The first kappa shape index (κ1) is 14.5. The Morgan fingerprint density at radius 3 is 2.68 bits per heavy atom. The van der Waals surface area contributed by atoms with Crippen LogP contribution in [0.3, 0.4) is 0 Å². The van der Waals surface area contributed by atoms with Crippen LogP contribution in [0.5, 0.6) is 0 Å². The second kappa shape index (κ2) is 7.06. The summed E-state index contributed by atoms with van der Waals surface area (Å²) >= 11 is 0. The van der Waals surface area contributed by atoms with Crippen molar-refractivity contribution in [3.63, 3.8) is 0 Å². The van der Waals surface area contributed by atoms with E-state index in [0.717, 1.165) is 12.6 Å². The molecule has 0 radical (unpaired) electrons. The molecule has 2 rings (SSSR count). The van der Waals surface area contributed by atoms with Crippen molar-refractivity contribution < 1.29 is 0 Å². The Morgan fingerprint density at radius 2 is 2.00 bits per heavy atom. The number of nitrogens with zero attached hydrogens (tertiary/aromatic N) is 1. The van der Waals surface area contributed by atoms with Crippen LogP contribution in [0.4, 0.5) is 0 Å². The van der Waals surface area contributed by atoms with E-state index in [0.29, 0.717) is 6.04 Å². The van der Waals surface area contributed by atoms with Crippen molar-refractivity contribution in [3.8, 4) is 0 Å². The minimum atomic E-state index is 0.453. The van der Waals surface area contributed by atoms with Gasteiger partial charge in [-0.2, -0.15) is 0 Å². The molecule has 0 amide bonds. The number of piperidine rings is 1. The summed E-state index contributed by atoms with van der Waals surface area (Å²) in [5.41, 5.74) is 2.72. The quantitative estimate of drug-likeness (QED) is 0.871. The zero-order valence-corrected chi connectivity index (χ0v) is 12.7. The zero-order valence-electron chi connectivity index (χ0n) is 12.7. The maximum absolute atomic E-state index is 3.66. The lowest BCUT2D eigenvalue weighted by molar-refractivity contribution is 0.174. The average Bonchev–Trinajstić information content (AvgIpc) is 2.41. The predicted molar refractivity (Wildman–Crippen MR) is 82.5 cm³/mol. The molecule has 0 spiro atoms. The highest BCUT2D eigenvalue weighted by molar-refractivity contribution is 5.23. The Balaban J connectivity index is 1.74. The third kappa shape index (κ3) is 4.32. The summed E-state index contributed by atoms with van der Waals surface area (Å²) in [7, 11) is 2.27. The lowest BCUT2D eigenvalue weighted by atomic mass is 10.00. The second-order valence-electron chi connectivity index (χ2n) is 6.01. The zero-order chi connectivity index (χ0) is 13.7. The first-order chi connectivity index (χ1) is 9.16. The molecule has 1 saturated heterocycles. The summed E-state index contributed by atoms with van der Waals surface area (Å²) < 4.78 is 0. The SMILES string of the molecule is Cc1ccc([C@H](C)NCCC2CCCCN2C)cc1. The van der Waals surface area contributed by atoms with E-state index in [1.807, 2.05) is 0 Å². The Hall–Kier alpha value is -0.860. The monoisotopic (exact) mass is 260 g/mol. The maximum Gasteiger partial charge on any atom is 0.0291 e. The van der Waals surface area contributed by atoms with Crippen LogP contribution in [0, 0.1) is 6.92 Å². The smallest absolute Gasteiger partial charge is 0.0291 e. The molecule has 1 aliphatic rings. The average molecular weight is 260 g/mol. The summed E-state index contributed by atoms with van der Waals surface area (Å²) in [4.78, 5) is 2.53. The number of hydrogen-bond donors (Lipinski definition) is 1. The van der Waals surface area contributed by atoms with Crippen LogP contribution in [-0.2, 0) is 0 Å². The van der Waals surface area contributed by atoms with Gasteiger partial charge in [0.15, 0.2) is 0 Å². The maximum atomic E-state index is 3.66. The fraction of sp³-hybridized carbons (Fsp3) is 0.647. The first-order valence-corrected chi connectivity index (χ1v) is 7.67. The molecular weight excluding hydrogens is 232 g/mol. The van der Waals surface area contributed by atoms with Crippen molar-refractivity contribution in [2.75, 3.05) is 20.1 Å². The Kier molecular flexibility index (Phi) is 5.41. The molecule has 1 aliphatic heterocycles. The van der Waals surface area contributed by atoms with Gasteiger partial charge in [0, 0.05) is 12.1 Å². The van der Waals surface area contributed by atoms with E-state index in [1.165, 1.54) is 43.4 Å². The molecule has 1 fully saturated rings. The number of nitrogens with one attached hydrogen (secondary N) is 1. The number of rotatable bonds is 5. The standard InChI is InChI=1S/C17H28N2/c1-14-7-9-16(10-8-14)15(2)18-12-11-17-6-4-5-13-19(17)3/h7-10,15,17-18H,4-6,11-13H2,1-3H3/t15-,17?/m0/s1. The minimum absolute atomic E-state index is 0.453. The number of benzene rings is 1. The summed E-state index contributed by atoms with van der Waals surface area (Å²) in [6.07, 6.45) is 5.42. The van der Waals surface area contributed by atoms with Crippen molar-refractivity contribution in [1.82, 2.24) is 10.2 Å². The van der Waals surface area contributed by atoms with Gasteiger partial charge in [-0.1, -0.05) is 36.2 Å². The molecule has 2 nitrogen and oxygen atoms in total. The van der Waals surface area contributed by atoms with Crippen LogP contribution >= 0.6 is 0 Å². The fourth-order valence-corrected chi connectivity index (χ4v) is 2.95. The van der Waals surface area contributed by atoms with Gasteiger partial charge in [-0.25, -0.2) is 0 Å². The van der Waals surface area contributed by atoms with Crippen molar-refractivity contribution in [1.29, 1.82) is 0 Å². The van der Waals surface area contributed by atoms with Crippen LogP contribution in [0.1, 0.15) is 49.8 Å². The normalized spacial score (nSPS) is 22.4. The molecule has 1 heterocycles. The van der Waals surface area contributed by atoms with Gasteiger partial charge in [-0.15, -0.1) is 0 Å². The highest BCUT2D eigenvalue weighted by Gasteiger charge is 2.18. The van der Waals surface area contributed by atoms with Gasteiger partial charge >= 0.3 is 0 Å². The highest BCUT2D eigenvalue weighted by atomic mass is 15.1. The van der Waals surface area contributed by atoms with Crippen LogP contribution in [-0.4, -0.2) is 31.1 Å². The van der Waals surface area contributed by atoms with Gasteiger partial charge in [0.1, 0.15) is 0 Å².